The van der Waals surface area contributed by atoms with Gasteiger partial charge in [0.25, 0.3) is 5.91 Å². The maximum absolute atomic E-state index is 13.2. The first-order valence-corrected chi connectivity index (χ1v) is 7.58. The van der Waals surface area contributed by atoms with Gasteiger partial charge in [0.05, 0.1) is 16.7 Å². The van der Waals surface area contributed by atoms with Gasteiger partial charge in [-0.05, 0) is 43.4 Å². The molecular weight excluding hydrogens is 327 g/mol. The third kappa shape index (κ3) is 4.05. The van der Waals surface area contributed by atoms with Gasteiger partial charge in [-0.2, -0.15) is 13.2 Å². The monoisotopic (exact) mass is 345 g/mol. The number of hydrogen-bond acceptors (Lipinski definition) is 3. The lowest BCUT2D eigenvalue weighted by molar-refractivity contribution is -0.138. The Balaban J connectivity index is 2.33. The lowest BCUT2D eigenvalue weighted by Crippen LogP contribution is -2.33. The first-order valence-electron chi connectivity index (χ1n) is 7.58. The maximum Gasteiger partial charge on any atom is 0.417 e. The molecule has 2 rings (SSSR count). The van der Waals surface area contributed by atoms with Gasteiger partial charge < -0.3 is 15.1 Å². The summed E-state index contributed by atoms with van der Waals surface area (Å²) in [4.78, 5) is 24.7. The van der Waals surface area contributed by atoms with Crippen LogP contribution in [0.4, 0.5) is 13.2 Å². The lowest BCUT2D eigenvalue weighted by atomic mass is 10.0. The van der Waals surface area contributed by atoms with E-state index in [0.717, 1.165) is 12.1 Å². The number of nitrogens with zero attached hydrogens (tertiary/aromatic N) is 1. The van der Waals surface area contributed by atoms with Gasteiger partial charge in [-0.1, -0.05) is 0 Å². The molecule has 24 heavy (non-hydrogen) atoms. The fraction of sp³-hybridized carbons (Fsp3) is 0.500. The van der Waals surface area contributed by atoms with E-state index in [4.69, 9.17) is 5.11 Å². The highest BCUT2D eigenvalue weighted by atomic mass is 19.4. The van der Waals surface area contributed by atoms with Gasteiger partial charge in [0.15, 0.2) is 0 Å². The summed E-state index contributed by atoms with van der Waals surface area (Å²) >= 11 is 0. The van der Waals surface area contributed by atoms with Crippen LogP contribution in [0.25, 0.3) is 0 Å². The fourth-order valence-electron chi connectivity index (χ4n) is 2.82. The molecule has 1 aliphatic heterocycles. The largest absolute Gasteiger partial charge is 0.478 e. The molecule has 1 atom stereocenters. The Bertz CT molecular complexity index is 630. The van der Waals surface area contributed by atoms with Crippen LogP contribution in [0, 0.1) is 5.92 Å². The summed E-state index contributed by atoms with van der Waals surface area (Å²) in [7, 11) is 0. The molecule has 1 amide bonds. The van der Waals surface area contributed by atoms with Crippen LogP contribution in [0.5, 0.6) is 0 Å². The standard InChI is InChI=1S/C16H18F3NO4/c17-16(18,19)13-8-11(15(23)24)3-4-12(13)14(22)20-6-1-2-10(9-21)5-7-20/h3-4,8,10,21H,1-2,5-7,9H2,(H,23,24). The second kappa shape index (κ2) is 7.21. The van der Waals surface area contributed by atoms with E-state index in [1.165, 1.54) is 4.90 Å². The molecule has 0 saturated carbocycles. The third-order valence-electron chi connectivity index (χ3n) is 4.20. The second-order valence-corrected chi connectivity index (χ2v) is 5.83. The zero-order chi connectivity index (χ0) is 17.9. The summed E-state index contributed by atoms with van der Waals surface area (Å²) in [6, 6.07) is 2.41. The average Bonchev–Trinajstić information content (AvgIpc) is 2.78. The van der Waals surface area contributed by atoms with Crippen molar-refractivity contribution < 1.29 is 33.0 Å². The van der Waals surface area contributed by atoms with E-state index in [2.05, 4.69) is 0 Å². The van der Waals surface area contributed by atoms with Gasteiger partial charge in [0, 0.05) is 19.7 Å². The van der Waals surface area contributed by atoms with Gasteiger partial charge >= 0.3 is 12.1 Å². The smallest absolute Gasteiger partial charge is 0.417 e. The van der Waals surface area contributed by atoms with Gasteiger partial charge in [-0.25, -0.2) is 4.79 Å². The number of carbonyl (C=O) groups is 2. The van der Waals surface area contributed by atoms with Crippen LogP contribution in [0.1, 0.15) is 45.5 Å². The number of aromatic carboxylic acids is 1. The lowest BCUT2D eigenvalue weighted by Gasteiger charge is -2.23. The predicted octanol–water partition coefficient (Wildman–Crippen LogP) is 2.64. The molecule has 1 fully saturated rings. The van der Waals surface area contributed by atoms with Crippen molar-refractivity contribution in [2.75, 3.05) is 19.7 Å². The van der Waals surface area contributed by atoms with Crippen molar-refractivity contribution in [3.05, 3.63) is 34.9 Å². The Morgan fingerprint density at radius 2 is 1.92 bits per heavy atom. The molecule has 1 saturated heterocycles. The predicted molar refractivity (Wildman–Crippen MR) is 78.7 cm³/mol. The van der Waals surface area contributed by atoms with Gasteiger partial charge in [0.2, 0.25) is 0 Å². The average molecular weight is 345 g/mol. The summed E-state index contributed by atoms with van der Waals surface area (Å²) in [5, 5.41) is 18.0. The molecule has 0 bridgehead atoms. The van der Waals surface area contributed by atoms with Crippen LogP contribution in [0.15, 0.2) is 18.2 Å². The minimum atomic E-state index is -4.82. The molecule has 1 aromatic carbocycles. The summed E-state index contributed by atoms with van der Waals surface area (Å²) in [5.74, 6) is -2.21. The summed E-state index contributed by atoms with van der Waals surface area (Å²) < 4.78 is 39.7. The number of aliphatic hydroxyl groups is 1. The van der Waals surface area contributed by atoms with Gasteiger partial charge in [-0.3, -0.25) is 4.79 Å². The first kappa shape index (κ1) is 18.3. The number of halogens is 3. The fourth-order valence-corrected chi connectivity index (χ4v) is 2.82. The van der Waals surface area contributed by atoms with Crippen LogP contribution in [-0.2, 0) is 6.18 Å². The summed E-state index contributed by atoms with van der Waals surface area (Å²) in [6.45, 7) is 0.568. The Morgan fingerprint density at radius 1 is 1.21 bits per heavy atom. The molecule has 5 nitrogen and oxygen atoms in total. The maximum atomic E-state index is 13.2. The molecule has 0 radical (unpaired) electrons. The van der Waals surface area contributed by atoms with E-state index >= 15 is 0 Å². The van der Waals surface area contributed by atoms with E-state index in [-0.39, 0.29) is 19.1 Å². The number of alkyl halides is 3. The third-order valence-corrected chi connectivity index (χ3v) is 4.20. The highest BCUT2D eigenvalue weighted by Gasteiger charge is 2.37. The Kier molecular flexibility index (Phi) is 5.48. The Labute approximate surface area is 136 Å². The van der Waals surface area contributed by atoms with E-state index in [0.29, 0.717) is 31.9 Å². The Hall–Kier alpha value is -2.09. The molecule has 8 heteroatoms. The highest BCUT2D eigenvalue weighted by Crippen LogP contribution is 2.33. The van der Waals surface area contributed by atoms with Gasteiger partial charge in [-0.15, -0.1) is 0 Å². The molecular formula is C16H18F3NO4. The molecule has 1 aliphatic rings. The number of carbonyl (C=O) groups excluding carboxylic acids is 1. The number of likely N-dealkylation sites (tertiary alicyclic amines) is 1. The molecule has 1 unspecified atom stereocenters. The number of rotatable bonds is 3. The zero-order valence-corrected chi connectivity index (χ0v) is 12.8. The minimum Gasteiger partial charge on any atom is -0.478 e. The minimum absolute atomic E-state index is 0.0108. The van der Waals surface area contributed by atoms with Crippen LogP contribution >= 0.6 is 0 Å². The molecule has 1 aromatic rings. The van der Waals surface area contributed by atoms with Crippen molar-refractivity contribution in [1.82, 2.24) is 4.90 Å². The number of aliphatic hydroxyl groups excluding tert-OH is 1. The van der Waals surface area contributed by atoms with Crippen molar-refractivity contribution in [3.8, 4) is 0 Å². The van der Waals surface area contributed by atoms with Crippen LogP contribution in [-0.4, -0.2) is 46.7 Å². The van der Waals surface area contributed by atoms with Crippen molar-refractivity contribution in [3.63, 3.8) is 0 Å². The Morgan fingerprint density at radius 3 is 2.50 bits per heavy atom. The van der Waals surface area contributed by atoms with E-state index in [9.17, 15) is 27.9 Å². The molecule has 0 aliphatic carbocycles. The van der Waals surface area contributed by atoms with E-state index in [1.807, 2.05) is 0 Å². The van der Waals surface area contributed by atoms with E-state index in [1.54, 1.807) is 0 Å². The molecule has 0 spiro atoms. The SMILES string of the molecule is O=C(O)c1ccc(C(=O)N2CCCC(CO)CC2)c(C(F)(F)F)c1. The van der Waals surface area contributed by atoms with Crippen LogP contribution < -0.4 is 0 Å². The van der Waals surface area contributed by atoms with Crippen LogP contribution in [0.2, 0.25) is 0 Å². The second-order valence-electron chi connectivity index (χ2n) is 5.83. The topological polar surface area (TPSA) is 77.8 Å². The van der Waals surface area contributed by atoms with Gasteiger partial charge in [0.1, 0.15) is 0 Å². The van der Waals surface area contributed by atoms with Crippen molar-refractivity contribution in [2.45, 2.75) is 25.4 Å². The molecule has 0 aromatic heterocycles. The summed E-state index contributed by atoms with van der Waals surface area (Å²) in [6.07, 6.45) is -2.98. The number of benzene rings is 1. The molecule has 2 N–H and O–H groups in total. The molecule has 1 heterocycles. The first-order chi connectivity index (χ1) is 11.2. The van der Waals surface area contributed by atoms with Crippen molar-refractivity contribution in [2.24, 2.45) is 5.92 Å². The van der Waals surface area contributed by atoms with Crippen LogP contribution in [0.3, 0.4) is 0 Å². The number of amides is 1. The quantitative estimate of drug-likeness (QED) is 0.883. The normalized spacial score (nSPS) is 19.0. The van der Waals surface area contributed by atoms with E-state index < -0.39 is 34.7 Å². The zero-order valence-electron chi connectivity index (χ0n) is 12.8. The van der Waals surface area contributed by atoms with Crippen molar-refractivity contribution in [1.29, 1.82) is 0 Å². The number of hydrogen-bond donors (Lipinski definition) is 2. The highest BCUT2D eigenvalue weighted by molar-refractivity contribution is 5.97. The molecule has 132 valence electrons. The number of carboxylic acids is 1. The summed E-state index contributed by atoms with van der Waals surface area (Å²) in [5.41, 5.74) is -2.31. The van der Waals surface area contributed by atoms with Crippen molar-refractivity contribution >= 4 is 11.9 Å². The number of carboxylic acid groups (broad SMARTS) is 1.